The predicted octanol–water partition coefficient (Wildman–Crippen LogP) is 2.85. The Morgan fingerprint density at radius 3 is 2.71 bits per heavy atom. The summed E-state index contributed by atoms with van der Waals surface area (Å²) in [5.74, 6) is -0.752. The van der Waals surface area contributed by atoms with Crippen LogP contribution in [0.25, 0.3) is 6.08 Å². The van der Waals surface area contributed by atoms with E-state index in [9.17, 15) is 18.4 Å². The lowest BCUT2D eigenvalue weighted by molar-refractivity contribution is -0.160. The zero-order valence-electron chi connectivity index (χ0n) is 18.2. The summed E-state index contributed by atoms with van der Waals surface area (Å²) in [6.45, 7) is 0.715. The lowest BCUT2D eigenvalue weighted by atomic mass is 9.81. The zero-order valence-corrected chi connectivity index (χ0v) is 19.1. The number of hydrogen-bond donors (Lipinski definition) is 0. The number of halogens is 2. The number of rotatable bonds is 5. The third-order valence-corrected chi connectivity index (χ3v) is 6.81. The van der Waals surface area contributed by atoms with Gasteiger partial charge < -0.3 is 14.2 Å². The Balaban J connectivity index is 1.66. The van der Waals surface area contributed by atoms with Crippen molar-refractivity contribution in [2.75, 3.05) is 6.61 Å². The van der Waals surface area contributed by atoms with E-state index in [1.807, 2.05) is 18.2 Å². The molecule has 34 heavy (non-hydrogen) atoms. The molecular weight excluding hydrogens is 466 g/mol. The molecule has 3 atom stereocenters. The zero-order chi connectivity index (χ0) is 24.0. The molecule has 0 saturated carbocycles. The molecule has 0 fully saturated rings. The minimum absolute atomic E-state index is 0.0251. The quantitative estimate of drug-likeness (QED) is 0.519. The molecule has 0 N–H and O–H groups in total. The number of alkyl halides is 2. The highest BCUT2D eigenvalue weighted by Crippen LogP contribution is 2.47. The summed E-state index contributed by atoms with van der Waals surface area (Å²) in [6, 6.07) is 12.6. The molecule has 0 amide bonds. The second kappa shape index (κ2) is 8.35. The number of carbonyl (C=O) groups excluding carboxylic acids is 1. The van der Waals surface area contributed by atoms with Crippen LogP contribution in [0.2, 0.25) is 0 Å². The van der Waals surface area contributed by atoms with E-state index in [-0.39, 0.29) is 17.9 Å². The van der Waals surface area contributed by atoms with Crippen LogP contribution in [0.15, 0.2) is 58.3 Å². The van der Waals surface area contributed by atoms with E-state index in [0.717, 1.165) is 0 Å². The lowest BCUT2D eigenvalue weighted by Gasteiger charge is -2.44. The molecule has 2 unspecified atom stereocenters. The van der Waals surface area contributed by atoms with Gasteiger partial charge in [0.05, 0.1) is 17.2 Å². The van der Waals surface area contributed by atoms with Crippen LogP contribution in [0.3, 0.4) is 0 Å². The van der Waals surface area contributed by atoms with Crippen molar-refractivity contribution >= 4 is 23.4 Å². The van der Waals surface area contributed by atoms with Gasteiger partial charge in [0.15, 0.2) is 4.80 Å². The third-order valence-electron chi connectivity index (χ3n) is 5.82. The highest BCUT2D eigenvalue weighted by molar-refractivity contribution is 7.07. The molecule has 3 heterocycles. The van der Waals surface area contributed by atoms with Gasteiger partial charge in [0.1, 0.15) is 17.4 Å². The summed E-state index contributed by atoms with van der Waals surface area (Å²) >= 11 is 1.17. The number of thiazole rings is 1. The van der Waals surface area contributed by atoms with Crippen LogP contribution in [-0.2, 0) is 9.53 Å². The number of aromatic nitrogens is 1. The number of hydrogen-bond acceptors (Lipinski definition) is 7. The van der Waals surface area contributed by atoms with Crippen molar-refractivity contribution in [3.63, 3.8) is 0 Å². The molecule has 176 valence electrons. The monoisotopic (exact) mass is 486 g/mol. The Morgan fingerprint density at radius 1 is 1.26 bits per heavy atom. The van der Waals surface area contributed by atoms with Gasteiger partial charge in [-0.2, -0.15) is 8.78 Å². The summed E-state index contributed by atoms with van der Waals surface area (Å²) in [7, 11) is 0. The van der Waals surface area contributed by atoms with E-state index in [2.05, 4.69) is 9.73 Å². The van der Waals surface area contributed by atoms with Crippen LogP contribution in [0.1, 0.15) is 31.0 Å². The first-order chi connectivity index (χ1) is 16.3. The Labute approximate surface area is 196 Å². The van der Waals surface area contributed by atoms with Crippen LogP contribution < -0.4 is 24.4 Å². The average molecular weight is 486 g/mol. The maximum atomic E-state index is 13.5. The standard InChI is InChI=1S/C24H20F2N2O5S/c1-3-31-21(30)18-19-15-6-4-5-7-16(15)33-24(18,2)27-23-28(19)20(29)17(34-23)12-13-8-10-14(11-9-13)32-22(25)26/h4-12,18-19,22H,3H2,1-2H3/b17-12+/t18?,19?,24-/m0/s1. The molecule has 0 saturated heterocycles. The van der Waals surface area contributed by atoms with Gasteiger partial charge in [-0.15, -0.1) is 0 Å². The van der Waals surface area contributed by atoms with Crippen LogP contribution >= 0.6 is 11.3 Å². The third kappa shape index (κ3) is 3.67. The fraction of sp³-hybridized carbons (Fsp3) is 0.292. The molecule has 0 spiro atoms. The molecule has 7 nitrogen and oxygen atoms in total. The second-order valence-electron chi connectivity index (χ2n) is 8.00. The summed E-state index contributed by atoms with van der Waals surface area (Å²) in [5.41, 5.74) is -0.219. The van der Waals surface area contributed by atoms with E-state index in [1.165, 1.54) is 28.0 Å². The summed E-state index contributed by atoms with van der Waals surface area (Å²) in [4.78, 5) is 31.7. The summed E-state index contributed by atoms with van der Waals surface area (Å²) < 4.78 is 42.6. The largest absolute Gasteiger partial charge is 0.466 e. The van der Waals surface area contributed by atoms with Gasteiger partial charge in [0.25, 0.3) is 5.56 Å². The number of fused-ring (bicyclic) bond motifs is 6. The van der Waals surface area contributed by atoms with Gasteiger partial charge in [-0.3, -0.25) is 14.2 Å². The van der Waals surface area contributed by atoms with Crippen molar-refractivity contribution < 1.29 is 27.8 Å². The molecule has 0 aliphatic carbocycles. The van der Waals surface area contributed by atoms with Gasteiger partial charge in [-0.05, 0) is 43.7 Å². The number of nitrogens with zero attached hydrogens (tertiary/aromatic N) is 2. The molecule has 2 aliphatic rings. The number of ether oxygens (including phenoxy) is 3. The molecular formula is C24H20F2N2O5S. The Morgan fingerprint density at radius 2 is 2.00 bits per heavy atom. The Hall–Kier alpha value is -3.53. The van der Waals surface area contributed by atoms with E-state index in [0.29, 0.717) is 26.2 Å². The van der Waals surface area contributed by atoms with Crippen LogP contribution in [0.4, 0.5) is 8.78 Å². The van der Waals surface area contributed by atoms with Gasteiger partial charge in [0, 0.05) is 5.56 Å². The average Bonchev–Trinajstić information content (AvgIpc) is 3.07. The lowest BCUT2D eigenvalue weighted by Crippen LogP contribution is -2.58. The van der Waals surface area contributed by atoms with Crippen LogP contribution in [0.5, 0.6) is 11.5 Å². The molecule has 10 heteroatoms. The van der Waals surface area contributed by atoms with E-state index in [1.54, 1.807) is 38.1 Å². The number of benzene rings is 2. The molecule has 2 bridgehead atoms. The van der Waals surface area contributed by atoms with E-state index in [4.69, 9.17) is 9.47 Å². The van der Waals surface area contributed by atoms with Gasteiger partial charge in [-0.1, -0.05) is 41.7 Å². The first-order valence-corrected chi connectivity index (χ1v) is 11.4. The summed E-state index contributed by atoms with van der Waals surface area (Å²) in [5, 5.41) is 0. The highest BCUT2D eigenvalue weighted by Gasteiger charge is 2.55. The molecule has 5 rings (SSSR count). The Kier molecular flexibility index (Phi) is 5.47. The fourth-order valence-electron chi connectivity index (χ4n) is 4.43. The first kappa shape index (κ1) is 22.3. The topological polar surface area (TPSA) is 79.1 Å². The SMILES string of the molecule is CCOC(=O)C1C2c3ccccc3O[C@]1(C)N=c1s/c(=C/c3ccc(OC(F)F)cc3)c(=O)n12. The molecule has 2 aliphatic heterocycles. The van der Waals surface area contributed by atoms with Crippen LogP contribution in [-0.4, -0.2) is 29.5 Å². The molecule has 0 radical (unpaired) electrons. The van der Waals surface area contributed by atoms with Gasteiger partial charge in [0.2, 0.25) is 5.72 Å². The normalized spacial score (nSPS) is 22.9. The van der Waals surface area contributed by atoms with E-state index < -0.39 is 30.3 Å². The summed E-state index contributed by atoms with van der Waals surface area (Å²) in [6.07, 6.45) is 1.65. The maximum Gasteiger partial charge on any atom is 0.387 e. The predicted molar refractivity (Wildman–Crippen MR) is 120 cm³/mol. The van der Waals surface area contributed by atoms with Crippen molar-refractivity contribution in [1.82, 2.24) is 4.57 Å². The van der Waals surface area contributed by atoms with Crippen molar-refractivity contribution in [1.29, 1.82) is 0 Å². The number of para-hydroxylation sites is 1. The smallest absolute Gasteiger partial charge is 0.387 e. The fourth-order valence-corrected chi connectivity index (χ4v) is 5.53. The van der Waals surface area contributed by atoms with Crippen LogP contribution in [0, 0.1) is 5.92 Å². The van der Waals surface area contributed by atoms with Crippen molar-refractivity contribution in [2.24, 2.45) is 10.9 Å². The van der Waals surface area contributed by atoms with E-state index >= 15 is 0 Å². The maximum absolute atomic E-state index is 13.5. The number of carbonyl (C=O) groups is 1. The second-order valence-corrected chi connectivity index (χ2v) is 9.01. The minimum Gasteiger partial charge on any atom is -0.466 e. The van der Waals surface area contributed by atoms with Gasteiger partial charge in [-0.25, -0.2) is 4.99 Å². The van der Waals surface area contributed by atoms with Crippen molar-refractivity contribution in [3.8, 4) is 11.5 Å². The highest BCUT2D eigenvalue weighted by atomic mass is 32.1. The number of esters is 1. The Bertz CT molecular complexity index is 1430. The molecule has 3 aromatic rings. The van der Waals surface area contributed by atoms with Gasteiger partial charge >= 0.3 is 12.6 Å². The first-order valence-electron chi connectivity index (χ1n) is 10.6. The van der Waals surface area contributed by atoms with Crippen molar-refractivity contribution in [2.45, 2.75) is 32.2 Å². The van der Waals surface area contributed by atoms with Crippen molar-refractivity contribution in [3.05, 3.63) is 79.3 Å². The molecule has 1 aromatic heterocycles. The minimum atomic E-state index is -2.91. The molecule has 2 aromatic carbocycles.